The van der Waals surface area contributed by atoms with Gasteiger partial charge in [0, 0.05) is 24.7 Å². The van der Waals surface area contributed by atoms with Crippen molar-refractivity contribution in [2.75, 3.05) is 7.11 Å². The predicted molar refractivity (Wildman–Crippen MR) is 90.9 cm³/mol. The Morgan fingerprint density at radius 2 is 1.57 bits per heavy atom. The van der Waals surface area contributed by atoms with E-state index in [1.165, 1.54) is 7.11 Å². The lowest BCUT2D eigenvalue weighted by molar-refractivity contribution is 0.0408. The third-order valence-corrected chi connectivity index (χ3v) is 3.97. The van der Waals surface area contributed by atoms with Crippen LogP contribution in [0.1, 0.15) is 39.6 Å². The second-order valence-corrected chi connectivity index (χ2v) is 5.86. The van der Waals surface area contributed by atoms with Crippen LogP contribution in [0.15, 0.2) is 54.6 Å². The Hall–Kier alpha value is -2.26. The normalized spacial score (nSPS) is 13.3. The van der Waals surface area contributed by atoms with Gasteiger partial charge in [0.2, 0.25) is 0 Å². The zero-order valence-corrected chi connectivity index (χ0v) is 13.8. The Bertz CT molecular complexity index is 659. The molecule has 0 aliphatic carbocycles. The van der Waals surface area contributed by atoms with Crippen LogP contribution in [-0.2, 0) is 4.74 Å². The molecular weight excluding hydrogens is 288 g/mol. The molecule has 0 radical (unpaired) electrons. The van der Waals surface area contributed by atoms with Gasteiger partial charge in [-0.2, -0.15) is 0 Å². The van der Waals surface area contributed by atoms with Gasteiger partial charge in [-0.15, -0.1) is 0 Å². The maximum atomic E-state index is 12.6. The number of ether oxygens (including phenoxy) is 1. The number of benzene rings is 2. The Labute approximate surface area is 137 Å². The van der Waals surface area contributed by atoms with Crippen LogP contribution in [0.25, 0.3) is 0 Å². The van der Waals surface area contributed by atoms with E-state index in [1.807, 2.05) is 44.2 Å². The molecule has 3 heteroatoms. The van der Waals surface area contributed by atoms with E-state index in [-0.39, 0.29) is 23.9 Å². The highest BCUT2D eigenvalue weighted by Crippen LogP contribution is 2.19. The summed E-state index contributed by atoms with van der Waals surface area (Å²) in [4.78, 5) is 24.9. The summed E-state index contributed by atoms with van der Waals surface area (Å²) in [6.07, 6.45) is -0.342. The van der Waals surface area contributed by atoms with Gasteiger partial charge in [-0.25, -0.2) is 0 Å². The molecule has 120 valence electrons. The minimum Gasteiger partial charge on any atom is -0.373 e. The van der Waals surface area contributed by atoms with E-state index in [2.05, 4.69) is 0 Å². The van der Waals surface area contributed by atoms with Crippen LogP contribution in [0.2, 0.25) is 0 Å². The molecule has 2 atom stereocenters. The van der Waals surface area contributed by atoms with Gasteiger partial charge in [0.25, 0.3) is 0 Å². The van der Waals surface area contributed by atoms with Crippen molar-refractivity contribution in [2.24, 2.45) is 5.92 Å². The molecule has 0 heterocycles. The molecule has 2 aromatic carbocycles. The number of carbonyl (C=O) groups is 2. The molecule has 2 aromatic rings. The predicted octanol–water partition coefficient (Wildman–Crippen LogP) is 4.10. The minimum atomic E-state index is -0.620. The maximum absolute atomic E-state index is 12.6. The molecule has 0 amide bonds. The summed E-state index contributed by atoms with van der Waals surface area (Å²) in [5, 5.41) is 0. The van der Waals surface area contributed by atoms with Gasteiger partial charge in [-0.3, -0.25) is 9.59 Å². The summed E-state index contributed by atoms with van der Waals surface area (Å²) in [6.45, 7) is 3.85. The third-order valence-electron chi connectivity index (χ3n) is 3.97. The SMILES string of the molecule is CO[C@H](C(=O)c1ccc(C)cc1)[C@@H](C)CC(=O)c1ccccc1. The molecular formula is C20H22O3. The van der Waals surface area contributed by atoms with Crippen LogP contribution in [0.4, 0.5) is 0 Å². The first-order valence-corrected chi connectivity index (χ1v) is 7.75. The zero-order chi connectivity index (χ0) is 16.8. The molecule has 0 saturated carbocycles. The van der Waals surface area contributed by atoms with Crippen molar-refractivity contribution < 1.29 is 14.3 Å². The van der Waals surface area contributed by atoms with E-state index >= 15 is 0 Å². The van der Waals surface area contributed by atoms with E-state index in [9.17, 15) is 9.59 Å². The van der Waals surface area contributed by atoms with Gasteiger partial charge in [0.1, 0.15) is 6.10 Å². The number of hydrogen-bond donors (Lipinski definition) is 0. The molecule has 0 N–H and O–H groups in total. The van der Waals surface area contributed by atoms with Gasteiger partial charge >= 0.3 is 0 Å². The molecule has 23 heavy (non-hydrogen) atoms. The van der Waals surface area contributed by atoms with Crippen LogP contribution < -0.4 is 0 Å². The van der Waals surface area contributed by atoms with Gasteiger partial charge in [-0.05, 0) is 12.8 Å². The lowest BCUT2D eigenvalue weighted by atomic mass is 9.90. The van der Waals surface area contributed by atoms with Crippen molar-refractivity contribution >= 4 is 11.6 Å². The molecule has 3 nitrogen and oxygen atoms in total. The van der Waals surface area contributed by atoms with E-state index in [0.29, 0.717) is 11.1 Å². The Morgan fingerprint density at radius 1 is 0.957 bits per heavy atom. The van der Waals surface area contributed by atoms with Crippen LogP contribution in [0.5, 0.6) is 0 Å². The van der Waals surface area contributed by atoms with Gasteiger partial charge < -0.3 is 4.74 Å². The molecule has 0 fully saturated rings. The number of rotatable bonds is 7. The van der Waals surface area contributed by atoms with E-state index in [1.54, 1.807) is 24.3 Å². The summed E-state index contributed by atoms with van der Waals surface area (Å²) in [7, 11) is 1.51. The van der Waals surface area contributed by atoms with Crippen molar-refractivity contribution in [3.8, 4) is 0 Å². The Balaban J connectivity index is 2.09. The van der Waals surface area contributed by atoms with Gasteiger partial charge in [0.15, 0.2) is 11.6 Å². The summed E-state index contributed by atoms with van der Waals surface area (Å²) in [5.74, 6) is -0.251. The fourth-order valence-electron chi connectivity index (χ4n) is 2.62. The topological polar surface area (TPSA) is 43.4 Å². The first-order chi connectivity index (χ1) is 11.0. The van der Waals surface area contributed by atoms with Crippen molar-refractivity contribution in [3.05, 3.63) is 71.3 Å². The van der Waals surface area contributed by atoms with Crippen LogP contribution >= 0.6 is 0 Å². The lowest BCUT2D eigenvalue weighted by Gasteiger charge is -2.21. The first kappa shape index (κ1) is 17.1. The van der Waals surface area contributed by atoms with Crippen molar-refractivity contribution in [1.29, 1.82) is 0 Å². The quantitative estimate of drug-likeness (QED) is 0.723. The number of hydrogen-bond acceptors (Lipinski definition) is 3. The van der Waals surface area contributed by atoms with Crippen molar-refractivity contribution in [1.82, 2.24) is 0 Å². The molecule has 2 rings (SSSR count). The van der Waals surface area contributed by atoms with Crippen molar-refractivity contribution in [3.63, 3.8) is 0 Å². The number of methoxy groups -OCH3 is 1. The summed E-state index contributed by atoms with van der Waals surface area (Å²) < 4.78 is 5.39. The third kappa shape index (κ3) is 4.36. The summed E-state index contributed by atoms with van der Waals surface area (Å²) in [5.41, 5.74) is 2.38. The fraction of sp³-hybridized carbons (Fsp3) is 0.300. The smallest absolute Gasteiger partial charge is 0.191 e. The van der Waals surface area contributed by atoms with E-state index in [4.69, 9.17) is 4.74 Å². The summed E-state index contributed by atoms with van der Waals surface area (Å²) >= 11 is 0. The Kier molecular flexibility index (Phi) is 5.83. The van der Waals surface area contributed by atoms with E-state index in [0.717, 1.165) is 5.56 Å². The van der Waals surface area contributed by atoms with Crippen LogP contribution in [0, 0.1) is 12.8 Å². The van der Waals surface area contributed by atoms with Crippen LogP contribution in [-0.4, -0.2) is 24.8 Å². The molecule has 0 aromatic heterocycles. The standard InChI is InChI=1S/C20H22O3/c1-14-9-11-17(12-10-14)19(22)20(23-3)15(2)13-18(21)16-7-5-4-6-8-16/h4-12,15,20H,13H2,1-3H3/t15-,20-/m0/s1. The van der Waals surface area contributed by atoms with Gasteiger partial charge in [0.05, 0.1) is 0 Å². The molecule has 0 spiro atoms. The van der Waals surface area contributed by atoms with E-state index < -0.39 is 6.10 Å². The molecule has 0 unspecified atom stereocenters. The van der Waals surface area contributed by atoms with Crippen LogP contribution in [0.3, 0.4) is 0 Å². The second-order valence-electron chi connectivity index (χ2n) is 5.86. The molecule has 0 aliphatic heterocycles. The average molecular weight is 310 g/mol. The number of ketones is 2. The fourth-order valence-corrected chi connectivity index (χ4v) is 2.62. The molecule has 0 bridgehead atoms. The zero-order valence-electron chi connectivity index (χ0n) is 13.8. The highest BCUT2D eigenvalue weighted by Gasteiger charge is 2.27. The molecule has 0 aliphatic rings. The minimum absolute atomic E-state index is 0.0249. The number of carbonyl (C=O) groups excluding carboxylic acids is 2. The lowest BCUT2D eigenvalue weighted by Crippen LogP contribution is -2.31. The molecule has 0 saturated heterocycles. The maximum Gasteiger partial charge on any atom is 0.191 e. The number of Topliss-reactive ketones (excluding diaryl/α,β-unsaturated/α-hetero) is 2. The second kappa shape index (κ2) is 7.84. The monoisotopic (exact) mass is 310 g/mol. The first-order valence-electron chi connectivity index (χ1n) is 7.75. The Morgan fingerprint density at radius 3 is 2.13 bits per heavy atom. The van der Waals surface area contributed by atoms with Gasteiger partial charge in [-0.1, -0.05) is 67.1 Å². The highest BCUT2D eigenvalue weighted by atomic mass is 16.5. The largest absolute Gasteiger partial charge is 0.373 e. The summed E-state index contributed by atoms with van der Waals surface area (Å²) in [6, 6.07) is 16.5. The number of aryl methyl sites for hydroxylation is 1. The average Bonchev–Trinajstić information content (AvgIpc) is 2.56. The van der Waals surface area contributed by atoms with Crippen molar-refractivity contribution in [2.45, 2.75) is 26.4 Å². The highest BCUT2D eigenvalue weighted by molar-refractivity contribution is 6.01.